The fraction of sp³-hybridized carbons (Fsp3) is 0.550. The van der Waals surface area contributed by atoms with E-state index in [0.29, 0.717) is 39.0 Å². The van der Waals surface area contributed by atoms with Gasteiger partial charge in [-0.25, -0.2) is 0 Å². The summed E-state index contributed by atoms with van der Waals surface area (Å²) in [4.78, 5) is 37.6. The van der Waals surface area contributed by atoms with Gasteiger partial charge in [0.25, 0.3) is 0 Å². The second-order valence-electron chi connectivity index (χ2n) is 6.70. The molecule has 1 aromatic carbocycles. The second-order valence-corrected chi connectivity index (χ2v) is 6.70. The summed E-state index contributed by atoms with van der Waals surface area (Å²) < 4.78 is 5.06. The summed E-state index contributed by atoms with van der Waals surface area (Å²) in [6.07, 6.45) is 1.71. The molecule has 7 nitrogen and oxygen atoms in total. The van der Waals surface area contributed by atoms with Crippen LogP contribution in [0, 0.1) is 5.92 Å². The van der Waals surface area contributed by atoms with Crippen molar-refractivity contribution >= 4 is 29.2 Å². The molecule has 0 spiro atoms. The van der Waals surface area contributed by atoms with Crippen LogP contribution in [0.25, 0.3) is 0 Å². The highest BCUT2D eigenvalue weighted by molar-refractivity contribution is 5.90. The van der Waals surface area contributed by atoms with Crippen molar-refractivity contribution in [1.82, 2.24) is 4.90 Å². The molecule has 2 rings (SSSR count). The van der Waals surface area contributed by atoms with Crippen LogP contribution >= 0.6 is 0 Å². The molecule has 0 saturated carbocycles. The zero-order valence-corrected chi connectivity index (χ0v) is 16.3. The third-order valence-electron chi connectivity index (χ3n) is 4.67. The van der Waals surface area contributed by atoms with E-state index >= 15 is 0 Å². The Morgan fingerprint density at radius 3 is 2.26 bits per heavy atom. The molecule has 1 fully saturated rings. The number of carbonyl (C=O) groups is 3. The van der Waals surface area contributed by atoms with E-state index in [4.69, 9.17) is 4.74 Å². The number of esters is 1. The Kier molecular flexibility index (Phi) is 7.64. The summed E-state index contributed by atoms with van der Waals surface area (Å²) in [5.41, 5.74) is 1.54. The highest BCUT2D eigenvalue weighted by atomic mass is 16.5. The molecule has 0 bridgehead atoms. The number of nitrogens with zero attached hydrogens (tertiary/aromatic N) is 1. The Labute approximate surface area is 160 Å². The van der Waals surface area contributed by atoms with E-state index in [-0.39, 0.29) is 29.7 Å². The van der Waals surface area contributed by atoms with Gasteiger partial charge in [0.2, 0.25) is 11.8 Å². The SMILES string of the molecule is CCOC(=O)C1CCN(C(=O)C(C)Nc2ccc(NC(=O)CC)cc2)CC1. The molecule has 1 saturated heterocycles. The van der Waals surface area contributed by atoms with Gasteiger partial charge in [0.15, 0.2) is 0 Å². The van der Waals surface area contributed by atoms with E-state index < -0.39 is 0 Å². The first-order chi connectivity index (χ1) is 12.9. The number of amides is 2. The third-order valence-corrected chi connectivity index (χ3v) is 4.67. The number of anilines is 2. The van der Waals surface area contributed by atoms with Crippen LogP contribution < -0.4 is 10.6 Å². The molecule has 1 atom stereocenters. The Bertz CT molecular complexity index is 652. The maximum absolute atomic E-state index is 12.6. The van der Waals surface area contributed by atoms with Gasteiger partial charge in [-0.2, -0.15) is 0 Å². The van der Waals surface area contributed by atoms with Crippen molar-refractivity contribution in [3.63, 3.8) is 0 Å². The van der Waals surface area contributed by atoms with Crippen molar-refractivity contribution in [3.8, 4) is 0 Å². The molecule has 0 aromatic heterocycles. The minimum absolute atomic E-state index is 0.0145. The minimum atomic E-state index is -0.375. The topological polar surface area (TPSA) is 87.7 Å². The van der Waals surface area contributed by atoms with Crippen LogP contribution in [0.1, 0.15) is 40.0 Å². The number of benzene rings is 1. The van der Waals surface area contributed by atoms with E-state index in [1.54, 1.807) is 30.9 Å². The lowest BCUT2D eigenvalue weighted by Crippen LogP contribution is -2.46. The lowest BCUT2D eigenvalue weighted by molar-refractivity contribution is -0.151. The van der Waals surface area contributed by atoms with Crippen LogP contribution in [0.3, 0.4) is 0 Å². The standard InChI is InChI=1S/C20H29N3O4/c1-4-18(24)22-17-8-6-16(7-9-17)21-14(3)19(25)23-12-10-15(11-13-23)20(26)27-5-2/h6-9,14-15,21H,4-5,10-13H2,1-3H3,(H,22,24). The molecule has 1 aromatic rings. The van der Waals surface area contributed by atoms with Gasteiger partial charge < -0.3 is 20.3 Å². The van der Waals surface area contributed by atoms with Crippen molar-refractivity contribution in [2.45, 2.75) is 46.1 Å². The summed E-state index contributed by atoms with van der Waals surface area (Å²) in [7, 11) is 0. The van der Waals surface area contributed by atoms with Crippen LogP contribution in [0.5, 0.6) is 0 Å². The lowest BCUT2D eigenvalue weighted by atomic mass is 9.96. The van der Waals surface area contributed by atoms with Gasteiger partial charge in [0, 0.05) is 30.9 Å². The number of hydrogen-bond acceptors (Lipinski definition) is 5. The zero-order chi connectivity index (χ0) is 19.8. The van der Waals surface area contributed by atoms with E-state index in [0.717, 1.165) is 11.4 Å². The number of nitrogens with one attached hydrogen (secondary N) is 2. The monoisotopic (exact) mass is 375 g/mol. The van der Waals surface area contributed by atoms with Crippen LogP contribution in [0.4, 0.5) is 11.4 Å². The van der Waals surface area contributed by atoms with Crippen LogP contribution in [0.15, 0.2) is 24.3 Å². The van der Waals surface area contributed by atoms with Gasteiger partial charge in [-0.1, -0.05) is 6.92 Å². The van der Waals surface area contributed by atoms with Gasteiger partial charge >= 0.3 is 5.97 Å². The van der Waals surface area contributed by atoms with E-state index in [1.165, 1.54) is 0 Å². The average molecular weight is 375 g/mol. The fourth-order valence-corrected chi connectivity index (χ4v) is 3.08. The van der Waals surface area contributed by atoms with E-state index in [2.05, 4.69) is 10.6 Å². The smallest absolute Gasteiger partial charge is 0.309 e. The Hall–Kier alpha value is -2.57. The lowest BCUT2D eigenvalue weighted by Gasteiger charge is -2.33. The van der Waals surface area contributed by atoms with Gasteiger partial charge in [-0.05, 0) is 51.0 Å². The number of rotatable bonds is 7. The third kappa shape index (κ3) is 5.98. The van der Waals surface area contributed by atoms with Crippen molar-refractivity contribution in [3.05, 3.63) is 24.3 Å². The van der Waals surface area contributed by atoms with Gasteiger partial charge in [0.1, 0.15) is 6.04 Å². The summed E-state index contributed by atoms with van der Waals surface area (Å²) in [5, 5.41) is 5.98. The highest BCUT2D eigenvalue weighted by Gasteiger charge is 2.29. The Morgan fingerprint density at radius 1 is 1.11 bits per heavy atom. The van der Waals surface area contributed by atoms with E-state index in [1.807, 2.05) is 19.1 Å². The molecule has 2 amide bonds. The average Bonchev–Trinajstić information content (AvgIpc) is 2.69. The highest BCUT2D eigenvalue weighted by Crippen LogP contribution is 2.20. The van der Waals surface area contributed by atoms with Crippen molar-refractivity contribution in [2.75, 3.05) is 30.3 Å². The molecule has 0 radical (unpaired) electrons. The number of piperidine rings is 1. The number of likely N-dealkylation sites (tertiary alicyclic amines) is 1. The molecular weight excluding hydrogens is 346 g/mol. The number of ether oxygens (including phenoxy) is 1. The van der Waals surface area contributed by atoms with E-state index in [9.17, 15) is 14.4 Å². The van der Waals surface area contributed by atoms with Crippen molar-refractivity contribution < 1.29 is 19.1 Å². The molecule has 1 aliphatic rings. The first-order valence-corrected chi connectivity index (χ1v) is 9.56. The summed E-state index contributed by atoms with van der Waals surface area (Å²) >= 11 is 0. The Balaban J connectivity index is 1.83. The zero-order valence-electron chi connectivity index (χ0n) is 16.3. The number of carbonyl (C=O) groups excluding carboxylic acids is 3. The fourth-order valence-electron chi connectivity index (χ4n) is 3.08. The maximum Gasteiger partial charge on any atom is 0.309 e. The molecule has 1 unspecified atom stereocenters. The maximum atomic E-state index is 12.6. The Morgan fingerprint density at radius 2 is 1.70 bits per heavy atom. The second kappa shape index (κ2) is 9.94. The van der Waals surface area contributed by atoms with Gasteiger partial charge in [-0.3, -0.25) is 14.4 Å². The molecule has 1 aliphatic heterocycles. The van der Waals surface area contributed by atoms with Crippen LogP contribution in [0.2, 0.25) is 0 Å². The van der Waals surface area contributed by atoms with Crippen molar-refractivity contribution in [2.24, 2.45) is 5.92 Å². The molecule has 0 aliphatic carbocycles. The normalized spacial score (nSPS) is 15.7. The summed E-state index contributed by atoms with van der Waals surface area (Å²) in [6, 6.07) is 6.90. The molecule has 2 N–H and O–H groups in total. The number of hydrogen-bond donors (Lipinski definition) is 2. The summed E-state index contributed by atoms with van der Waals surface area (Å²) in [5.74, 6) is -0.291. The molecule has 148 valence electrons. The quantitative estimate of drug-likeness (QED) is 0.716. The molecule has 7 heteroatoms. The van der Waals surface area contributed by atoms with Crippen LogP contribution in [-0.4, -0.2) is 48.4 Å². The molecule has 27 heavy (non-hydrogen) atoms. The predicted molar refractivity (Wildman–Crippen MR) is 104 cm³/mol. The molecular formula is C20H29N3O4. The minimum Gasteiger partial charge on any atom is -0.466 e. The van der Waals surface area contributed by atoms with Gasteiger partial charge in [-0.15, -0.1) is 0 Å². The largest absolute Gasteiger partial charge is 0.466 e. The molecule has 1 heterocycles. The predicted octanol–water partition coefficient (Wildman–Crippen LogP) is 2.64. The van der Waals surface area contributed by atoms with Gasteiger partial charge in [0.05, 0.1) is 12.5 Å². The first kappa shape index (κ1) is 20.7. The van der Waals surface area contributed by atoms with Crippen molar-refractivity contribution in [1.29, 1.82) is 0 Å². The summed E-state index contributed by atoms with van der Waals surface area (Å²) in [6.45, 7) is 6.95. The van der Waals surface area contributed by atoms with Crippen LogP contribution in [-0.2, 0) is 19.1 Å². The first-order valence-electron chi connectivity index (χ1n) is 9.56.